The highest BCUT2D eigenvalue weighted by atomic mass is 35.5. The van der Waals surface area contributed by atoms with Crippen LogP contribution in [0.1, 0.15) is 20.3 Å². The third kappa shape index (κ3) is 7.00. The Balaban J connectivity index is 4.34. The van der Waals surface area contributed by atoms with E-state index < -0.39 is 10.0 Å². The second-order valence-corrected chi connectivity index (χ2v) is 9.54. The van der Waals surface area contributed by atoms with Crippen molar-refractivity contribution in [2.45, 2.75) is 20.3 Å². The molecule has 0 aliphatic rings. The second kappa shape index (κ2) is 8.62. The van der Waals surface area contributed by atoms with Gasteiger partial charge in [0.05, 0.1) is 0 Å². The molecule has 0 radical (unpaired) electrons. The Kier molecular flexibility index (Phi) is 8.92. The van der Waals surface area contributed by atoms with E-state index in [0.717, 1.165) is 23.7 Å². The summed E-state index contributed by atoms with van der Waals surface area (Å²) in [7, 11) is -0.728. The fraction of sp³-hybridized carbons (Fsp3) is 1.00. The summed E-state index contributed by atoms with van der Waals surface area (Å²) in [5.41, 5.74) is 0. The van der Waals surface area contributed by atoms with Gasteiger partial charge in [-0.2, -0.15) is 0 Å². The maximum Gasteiger partial charge on any atom is 0.0463 e. The van der Waals surface area contributed by atoms with Gasteiger partial charge in [-0.25, -0.2) is 10.0 Å². The van der Waals surface area contributed by atoms with Gasteiger partial charge >= 0.3 is 0 Å². The first-order valence-electron chi connectivity index (χ1n) is 5.96. The minimum atomic E-state index is -0.728. The molecule has 0 rings (SSSR count). The van der Waals surface area contributed by atoms with Crippen molar-refractivity contribution in [3.8, 4) is 0 Å². The van der Waals surface area contributed by atoms with E-state index in [4.69, 9.17) is 21.8 Å². The molecule has 0 aromatic heterocycles. The fourth-order valence-electron chi connectivity index (χ4n) is 2.12. The average molecular weight is 271 g/mol. The third-order valence-corrected chi connectivity index (χ3v) is 7.06. The van der Waals surface area contributed by atoms with Gasteiger partial charge in [-0.1, -0.05) is 13.8 Å². The smallest absolute Gasteiger partial charge is 0.0463 e. The minimum absolute atomic E-state index is 0.261. The highest BCUT2D eigenvalue weighted by Gasteiger charge is 2.22. The molecule has 4 heteroatoms. The lowest BCUT2D eigenvalue weighted by atomic mass is 10.2. The molecule has 100 valence electrons. The number of hydrogen-bond donors (Lipinski definition) is 2. The zero-order valence-electron chi connectivity index (χ0n) is 10.8. The van der Waals surface area contributed by atoms with Crippen molar-refractivity contribution in [1.29, 1.82) is 0 Å². The van der Waals surface area contributed by atoms with Crippen molar-refractivity contribution in [3.63, 3.8) is 0 Å². The molecule has 2 N–H and O–H groups in total. The van der Waals surface area contributed by atoms with E-state index in [1.165, 1.54) is 0 Å². The third-order valence-electron chi connectivity index (χ3n) is 2.77. The van der Waals surface area contributed by atoms with Crippen LogP contribution in [0.3, 0.4) is 0 Å². The summed E-state index contributed by atoms with van der Waals surface area (Å²) >= 11 is 5.76. The molecule has 0 saturated heterocycles. The van der Waals surface area contributed by atoms with Crippen molar-refractivity contribution in [1.82, 2.24) is 0 Å². The Bertz CT molecular complexity index is 166. The van der Waals surface area contributed by atoms with E-state index in [1.54, 1.807) is 0 Å². The van der Waals surface area contributed by atoms with Gasteiger partial charge in [0.25, 0.3) is 0 Å². The molecule has 0 heterocycles. The highest BCUT2D eigenvalue weighted by molar-refractivity contribution is 8.33. The predicted molar refractivity (Wildman–Crippen MR) is 76.0 cm³/mol. The summed E-state index contributed by atoms with van der Waals surface area (Å²) in [6.07, 6.45) is 3.38. The SMILES string of the molecule is CC(CO)CS(C)(CCCCl)CC(C)CO. The molecular formula is C12H27ClO2S. The first-order valence-corrected chi connectivity index (χ1v) is 9.04. The second-order valence-electron chi connectivity index (χ2n) is 5.13. The summed E-state index contributed by atoms with van der Waals surface area (Å²) in [4.78, 5) is 0. The summed E-state index contributed by atoms with van der Waals surface area (Å²) in [5, 5.41) is 18.3. The summed E-state index contributed by atoms with van der Waals surface area (Å²) in [6.45, 7) is 4.71. The van der Waals surface area contributed by atoms with Crippen LogP contribution in [0.5, 0.6) is 0 Å². The number of halogens is 1. The summed E-state index contributed by atoms with van der Waals surface area (Å²) in [6, 6.07) is 0. The van der Waals surface area contributed by atoms with E-state index in [2.05, 4.69) is 20.1 Å². The molecule has 0 spiro atoms. The van der Waals surface area contributed by atoms with Gasteiger partial charge in [-0.3, -0.25) is 0 Å². The van der Waals surface area contributed by atoms with Crippen LogP contribution in [0.4, 0.5) is 0 Å². The van der Waals surface area contributed by atoms with Gasteiger partial charge < -0.3 is 10.2 Å². The Morgan fingerprint density at radius 3 is 1.81 bits per heavy atom. The number of hydrogen-bond acceptors (Lipinski definition) is 2. The Hall–Kier alpha value is 0.560. The lowest BCUT2D eigenvalue weighted by molar-refractivity contribution is 0.247. The molecule has 2 unspecified atom stereocenters. The van der Waals surface area contributed by atoms with Gasteiger partial charge in [0.1, 0.15) is 0 Å². The van der Waals surface area contributed by atoms with Crippen molar-refractivity contribution >= 4 is 21.6 Å². The molecule has 0 bridgehead atoms. The van der Waals surface area contributed by atoms with E-state index >= 15 is 0 Å². The fourth-order valence-corrected chi connectivity index (χ4v) is 6.68. The molecule has 16 heavy (non-hydrogen) atoms. The average Bonchev–Trinajstić information content (AvgIpc) is 2.25. The van der Waals surface area contributed by atoms with Crippen LogP contribution >= 0.6 is 21.6 Å². The molecule has 0 aromatic carbocycles. The lowest BCUT2D eigenvalue weighted by Crippen LogP contribution is -2.23. The van der Waals surface area contributed by atoms with Crippen LogP contribution < -0.4 is 0 Å². The number of rotatable bonds is 9. The van der Waals surface area contributed by atoms with Gasteiger partial charge in [0, 0.05) is 19.1 Å². The van der Waals surface area contributed by atoms with Crippen LogP contribution in [-0.4, -0.2) is 52.8 Å². The summed E-state index contributed by atoms with van der Waals surface area (Å²) in [5.74, 6) is 4.77. The van der Waals surface area contributed by atoms with Crippen molar-refractivity contribution in [3.05, 3.63) is 0 Å². The zero-order chi connectivity index (χ0) is 12.6. The standard InChI is InChI=1S/C12H27ClO2S/c1-11(7-14)9-16(3,6-4-5-13)10-12(2)8-15/h11-12,14-15H,4-10H2,1-3H3. The topological polar surface area (TPSA) is 40.5 Å². The number of alkyl halides is 1. The Labute approximate surface area is 107 Å². The summed E-state index contributed by atoms with van der Waals surface area (Å²) < 4.78 is 0. The monoisotopic (exact) mass is 270 g/mol. The molecule has 0 aliphatic heterocycles. The molecule has 2 atom stereocenters. The van der Waals surface area contributed by atoms with E-state index in [0.29, 0.717) is 17.7 Å². The van der Waals surface area contributed by atoms with Gasteiger partial charge in [0.2, 0.25) is 0 Å². The Morgan fingerprint density at radius 1 is 1.06 bits per heavy atom. The van der Waals surface area contributed by atoms with E-state index in [9.17, 15) is 0 Å². The molecule has 0 amide bonds. The quantitative estimate of drug-likeness (QED) is 0.631. The van der Waals surface area contributed by atoms with Crippen LogP contribution in [0.2, 0.25) is 0 Å². The number of aliphatic hydroxyl groups is 2. The molecular weight excluding hydrogens is 244 g/mol. The maximum atomic E-state index is 9.15. The van der Waals surface area contributed by atoms with Crippen molar-refractivity contribution in [2.75, 3.05) is 42.6 Å². The van der Waals surface area contributed by atoms with Crippen molar-refractivity contribution in [2.24, 2.45) is 11.8 Å². The van der Waals surface area contributed by atoms with Crippen LogP contribution in [0.25, 0.3) is 0 Å². The van der Waals surface area contributed by atoms with Crippen molar-refractivity contribution < 1.29 is 10.2 Å². The molecule has 0 saturated carbocycles. The first-order chi connectivity index (χ1) is 7.47. The zero-order valence-corrected chi connectivity index (χ0v) is 12.4. The molecule has 2 nitrogen and oxygen atoms in total. The molecule has 0 fully saturated rings. The van der Waals surface area contributed by atoms with Crippen LogP contribution in [0.15, 0.2) is 0 Å². The van der Waals surface area contributed by atoms with Gasteiger partial charge in [-0.05, 0) is 41.8 Å². The largest absolute Gasteiger partial charge is 0.396 e. The van der Waals surface area contributed by atoms with E-state index in [1.807, 2.05) is 0 Å². The molecule has 0 aliphatic carbocycles. The minimum Gasteiger partial charge on any atom is -0.396 e. The Morgan fingerprint density at radius 2 is 1.50 bits per heavy atom. The maximum absolute atomic E-state index is 9.15. The van der Waals surface area contributed by atoms with E-state index in [-0.39, 0.29) is 13.2 Å². The van der Waals surface area contributed by atoms with Gasteiger partial charge in [-0.15, -0.1) is 11.6 Å². The highest BCUT2D eigenvalue weighted by Crippen LogP contribution is 2.47. The normalized spacial score (nSPS) is 21.1. The number of aliphatic hydroxyl groups excluding tert-OH is 2. The van der Waals surface area contributed by atoms with Crippen LogP contribution in [0, 0.1) is 11.8 Å². The van der Waals surface area contributed by atoms with Crippen LogP contribution in [-0.2, 0) is 0 Å². The lowest BCUT2D eigenvalue weighted by Gasteiger charge is -2.40. The predicted octanol–water partition coefficient (Wildman–Crippen LogP) is 2.31. The first kappa shape index (κ1) is 16.6. The van der Waals surface area contributed by atoms with Gasteiger partial charge in [0.15, 0.2) is 0 Å². The molecule has 0 aromatic rings.